The van der Waals surface area contributed by atoms with E-state index in [1.807, 2.05) is 50.4 Å². The molecule has 2 rings (SSSR count). The van der Waals surface area contributed by atoms with Crippen molar-refractivity contribution >= 4 is 17.5 Å². The molecule has 0 saturated carbocycles. The van der Waals surface area contributed by atoms with Crippen LogP contribution in [-0.2, 0) is 20.0 Å². The number of rotatable bonds is 6. The fourth-order valence-corrected chi connectivity index (χ4v) is 2.59. The second-order valence-corrected chi connectivity index (χ2v) is 6.06. The Morgan fingerprint density at radius 2 is 2.14 bits per heavy atom. The molecule has 1 unspecified atom stereocenters. The first kappa shape index (κ1) is 15.9. The summed E-state index contributed by atoms with van der Waals surface area (Å²) in [5, 5.41) is 4.33. The van der Waals surface area contributed by atoms with Crippen LogP contribution in [0.4, 0.5) is 5.95 Å². The monoisotopic (exact) mass is 306 g/mol. The average Bonchev–Trinajstić information content (AvgIpc) is 2.78. The summed E-state index contributed by atoms with van der Waals surface area (Å²) in [4.78, 5) is 6.43. The maximum absolute atomic E-state index is 6.02. The summed E-state index contributed by atoms with van der Waals surface area (Å²) < 4.78 is 2.11. The first-order valence-electron chi connectivity index (χ1n) is 7.13. The molecule has 21 heavy (non-hydrogen) atoms. The van der Waals surface area contributed by atoms with Crippen LogP contribution in [0.3, 0.4) is 0 Å². The zero-order valence-corrected chi connectivity index (χ0v) is 13.9. The highest BCUT2D eigenvalue weighted by Crippen LogP contribution is 2.13. The molecule has 1 aromatic carbocycles. The van der Waals surface area contributed by atoms with Gasteiger partial charge in [-0.15, -0.1) is 0 Å². The van der Waals surface area contributed by atoms with Gasteiger partial charge in [0.2, 0.25) is 5.95 Å². The zero-order chi connectivity index (χ0) is 15.4. The molecular formula is C16H23ClN4. The number of aromatic nitrogens is 2. The second-order valence-electron chi connectivity index (χ2n) is 5.62. The fraction of sp³-hybridized carbons (Fsp3) is 0.438. The molecule has 0 amide bonds. The Labute approximate surface area is 131 Å². The van der Waals surface area contributed by atoms with Gasteiger partial charge in [-0.1, -0.05) is 23.7 Å². The Morgan fingerprint density at radius 3 is 2.76 bits per heavy atom. The molecule has 0 aliphatic carbocycles. The van der Waals surface area contributed by atoms with Crippen LogP contribution in [0.15, 0.2) is 30.5 Å². The number of nitrogens with one attached hydrogen (secondary N) is 1. The van der Waals surface area contributed by atoms with Gasteiger partial charge in [0.1, 0.15) is 0 Å². The van der Waals surface area contributed by atoms with Gasteiger partial charge < -0.3 is 14.8 Å². The Kier molecular flexibility index (Phi) is 5.26. The van der Waals surface area contributed by atoms with E-state index in [0.29, 0.717) is 6.04 Å². The first-order valence-corrected chi connectivity index (χ1v) is 7.51. The van der Waals surface area contributed by atoms with E-state index in [1.165, 1.54) is 11.3 Å². The highest BCUT2D eigenvalue weighted by atomic mass is 35.5. The van der Waals surface area contributed by atoms with Gasteiger partial charge in [-0.25, -0.2) is 4.98 Å². The summed E-state index contributed by atoms with van der Waals surface area (Å²) >= 11 is 6.02. The van der Waals surface area contributed by atoms with Crippen molar-refractivity contribution in [3.05, 3.63) is 46.7 Å². The topological polar surface area (TPSA) is 33.1 Å². The zero-order valence-electron chi connectivity index (χ0n) is 13.1. The Bertz CT molecular complexity index is 592. The predicted molar refractivity (Wildman–Crippen MR) is 89.0 cm³/mol. The quantitative estimate of drug-likeness (QED) is 0.891. The smallest absolute Gasteiger partial charge is 0.204 e. The normalized spacial score (nSPS) is 12.4. The molecule has 0 radical (unpaired) electrons. The third-order valence-electron chi connectivity index (χ3n) is 3.52. The van der Waals surface area contributed by atoms with Crippen LogP contribution in [0.1, 0.15) is 18.2 Å². The van der Waals surface area contributed by atoms with Gasteiger partial charge in [0.25, 0.3) is 0 Å². The molecule has 0 saturated heterocycles. The molecule has 5 heteroatoms. The number of benzene rings is 1. The number of nitrogens with zero attached hydrogens (tertiary/aromatic N) is 3. The standard InChI is InChI=1S/C16H23ClN4/c1-12(8-13-6-5-7-14(17)9-13)18-10-15-11-19-16(20(2)3)21(15)4/h5-7,9,11-12,18H,8,10H2,1-4H3. The van der Waals surface area contributed by atoms with E-state index in [1.54, 1.807) is 0 Å². The van der Waals surface area contributed by atoms with Gasteiger partial charge in [-0.2, -0.15) is 0 Å². The van der Waals surface area contributed by atoms with Crippen molar-refractivity contribution in [2.24, 2.45) is 7.05 Å². The minimum absolute atomic E-state index is 0.376. The SMILES string of the molecule is CC(Cc1cccc(Cl)c1)NCc1cnc(N(C)C)n1C. The van der Waals surface area contributed by atoms with Crippen molar-refractivity contribution in [2.45, 2.75) is 25.9 Å². The Balaban J connectivity index is 1.91. The maximum Gasteiger partial charge on any atom is 0.204 e. The van der Waals surface area contributed by atoms with Gasteiger partial charge >= 0.3 is 0 Å². The van der Waals surface area contributed by atoms with Crippen LogP contribution in [0.25, 0.3) is 0 Å². The van der Waals surface area contributed by atoms with Crippen LogP contribution in [0.5, 0.6) is 0 Å². The van der Waals surface area contributed by atoms with E-state index in [0.717, 1.165) is 23.9 Å². The Morgan fingerprint density at radius 1 is 1.38 bits per heavy atom. The number of halogens is 1. The van der Waals surface area contributed by atoms with Crippen molar-refractivity contribution in [2.75, 3.05) is 19.0 Å². The molecule has 0 aliphatic rings. The highest BCUT2D eigenvalue weighted by Gasteiger charge is 2.09. The molecule has 1 heterocycles. The molecule has 1 N–H and O–H groups in total. The summed E-state index contributed by atoms with van der Waals surface area (Å²) in [6, 6.07) is 8.41. The van der Waals surface area contributed by atoms with Gasteiger partial charge in [-0.3, -0.25) is 0 Å². The van der Waals surface area contributed by atoms with Crippen LogP contribution in [0.2, 0.25) is 5.02 Å². The van der Waals surface area contributed by atoms with E-state index in [-0.39, 0.29) is 0 Å². The van der Waals surface area contributed by atoms with Crippen LogP contribution in [-0.4, -0.2) is 29.7 Å². The summed E-state index contributed by atoms with van der Waals surface area (Å²) in [6.07, 6.45) is 2.88. The molecule has 0 aliphatic heterocycles. The van der Waals surface area contributed by atoms with E-state index < -0.39 is 0 Å². The molecule has 4 nitrogen and oxygen atoms in total. The number of hydrogen-bond acceptors (Lipinski definition) is 3. The lowest BCUT2D eigenvalue weighted by molar-refractivity contribution is 0.532. The maximum atomic E-state index is 6.02. The Hall–Kier alpha value is -1.52. The first-order chi connectivity index (χ1) is 9.97. The minimum atomic E-state index is 0.376. The average molecular weight is 307 g/mol. The van der Waals surface area contributed by atoms with Crippen molar-refractivity contribution in [3.63, 3.8) is 0 Å². The molecular weight excluding hydrogens is 284 g/mol. The van der Waals surface area contributed by atoms with E-state index in [4.69, 9.17) is 11.6 Å². The second kappa shape index (κ2) is 6.96. The van der Waals surface area contributed by atoms with Crippen LogP contribution < -0.4 is 10.2 Å². The van der Waals surface area contributed by atoms with Gasteiger partial charge in [0.15, 0.2) is 0 Å². The molecule has 1 atom stereocenters. The lowest BCUT2D eigenvalue weighted by Gasteiger charge is -2.16. The number of anilines is 1. The van der Waals surface area contributed by atoms with Crippen molar-refractivity contribution in [1.29, 1.82) is 0 Å². The van der Waals surface area contributed by atoms with Crippen molar-refractivity contribution in [3.8, 4) is 0 Å². The molecule has 0 fully saturated rings. The van der Waals surface area contributed by atoms with Crippen LogP contribution >= 0.6 is 11.6 Å². The summed E-state index contributed by atoms with van der Waals surface area (Å²) in [5.41, 5.74) is 2.43. The van der Waals surface area contributed by atoms with Gasteiger partial charge in [0, 0.05) is 38.8 Å². The summed E-state index contributed by atoms with van der Waals surface area (Å²) in [6.45, 7) is 2.99. The fourth-order valence-electron chi connectivity index (χ4n) is 2.38. The minimum Gasteiger partial charge on any atom is -0.348 e. The molecule has 2 aromatic rings. The lowest BCUT2D eigenvalue weighted by Crippen LogP contribution is -2.28. The van der Waals surface area contributed by atoms with Crippen molar-refractivity contribution in [1.82, 2.24) is 14.9 Å². The number of imidazole rings is 1. The summed E-state index contributed by atoms with van der Waals surface area (Å²) in [5.74, 6) is 0.967. The van der Waals surface area contributed by atoms with Crippen molar-refractivity contribution < 1.29 is 0 Å². The van der Waals surface area contributed by atoms with Gasteiger partial charge in [-0.05, 0) is 31.0 Å². The molecule has 0 spiro atoms. The third-order valence-corrected chi connectivity index (χ3v) is 3.76. The highest BCUT2D eigenvalue weighted by molar-refractivity contribution is 6.30. The van der Waals surface area contributed by atoms with E-state index >= 15 is 0 Å². The summed E-state index contributed by atoms with van der Waals surface area (Å²) in [7, 11) is 6.05. The predicted octanol–water partition coefficient (Wildman–Crippen LogP) is 2.86. The van der Waals surface area contributed by atoms with Gasteiger partial charge in [0.05, 0.1) is 11.9 Å². The molecule has 0 bridgehead atoms. The third kappa shape index (κ3) is 4.22. The largest absolute Gasteiger partial charge is 0.348 e. The van der Waals surface area contributed by atoms with Crippen LogP contribution in [0, 0.1) is 0 Å². The lowest BCUT2D eigenvalue weighted by atomic mass is 10.1. The number of hydrogen-bond donors (Lipinski definition) is 1. The molecule has 114 valence electrons. The molecule has 1 aromatic heterocycles. The van der Waals surface area contributed by atoms with E-state index in [2.05, 4.69) is 27.9 Å². The van der Waals surface area contributed by atoms with E-state index in [9.17, 15) is 0 Å².